The summed E-state index contributed by atoms with van der Waals surface area (Å²) in [6, 6.07) is 4.02. The van der Waals surface area contributed by atoms with E-state index in [1.807, 2.05) is 19.1 Å². The lowest BCUT2D eigenvalue weighted by atomic mass is 9.81. The van der Waals surface area contributed by atoms with Gasteiger partial charge in [-0.2, -0.15) is 0 Å². The van der Waals surface area contributed by atoms with Crippen molar-refractivity contribution in [3.05, 3.63) is 30.1 Å². The molecule has 2 rings (SSSR count). The first-order valence-electron chi connectivity index (χ1n) is 6.01. The summed E-state index contributed by atoms with van der Waals surface area (Å²) in [6.07, 6.45) is 5.53. The molecule has 1 fully saturated rings. The average Bonchev–Trinajstić information content (AvgIpc) is 2.30. The number of rotatable bonds is 3. The van der Waals surface area contributed by atoms with E-state index in [1.54, 1.807) is 12.4 Å². The number of nitrogens with two attached hydrogens (primary N) is 1. The normalized spacial score (nSPS) is 25.7. The Kier molecular flexibility index (Phi) is 3.43. The lowest BCUT2D eigenvalue weighted by Gasteiger charge is -2.38. The predicted octanol–water partition coefficient (Wildman–Crippen LogP) is 1.17. The minimum atomic E-state index is -0.370. The summed E-state index contributed by atoms with van der Waals surface area (Å²) in [5, 5.41) is 0. The van der Waals surface area contributed by atoms with Gasteiger partial charge < -0.3 is 5.73 Å². The van der Waals surface area contributed by atoms with E-state index in [2.05, 4.69) is 9.88 Å². The van der Waals surface area contributed by atoms with Crippen LogP contribution in [0.2, 0.25) is 0 Å². The van der Waals surface area contributed by atoms with Gasteiger partial charge in [-0.15, -0.1) is 0 Å². The molecule has 0 aliphatic carbocycles. The fraction of sp³-hybridized carbons (Fsp3) is 0.538. The van der Waals surface area contributed by atoms with Crippen LogP contribution in [-0.2, 0) is 11.3 Å². The summed E-state index contributed by atoms with van der Waals surface area (Å²) in [5.41, 5.74) is 6.34. The quantitative estimate of drug-likeness (QED) is 0.852. The Morgan fingerprint density at radius 2 is 2.24 bits per heavy atom. The summed E-state index contributed by atoms with van der Waals surface area (Å²) >= 11 is 0. The molecule has 2 N–H and O–H groups in total. The van der Waals surface area contributed by atoms with Crippen molar-refractivity contribution in [2.75, 3.05) is 13.1 Å². The van der Waals surface area contributed by atoms with E-state index in [4.69, 9.17) is 5.73 Å². The van der Waals surface area contributed by atoms with E-state index in [1.165, 1.54) is 5.56 Å². The Bertz CT molecular complexity index is 393. The van der Waals surface area contributed by atoms with Crippen LogP contribution in [0.25, 0.3) is 0 Å². The molecule has 4 nitrogen and oxygen atoms in total. The van der Waals surface area contributed by atoms with Crippen LogP contribution in [0.15, 0.2) is 24.5 Å². The van der Waals surface area contributed by atoms with Crippen LogP contribution in [0.4, 0.5) is 0 Å². The van der Waals surface area contributed by atoms with Crippen molar-refractivity contribution >= 4 is 5.91 Å². The van der Waals surface area contributed by atoms with Gasteiger partial charge in [-0.05, 0) is 44.0 Å². The molecule has 1 unspecified atom stereocenters. The maximum Gasteiger partial charge on any atom is 0.224 e. The summed E-state index contributed by atoms with van der Waals surface area (Å²) in [5.74, 6) is -0.183. The molecule has 0 saturated carbocycles. The standard InChI is InChI=1S/C13H19N3O/c1-13(12(14)17)5-2-8-16(10-13)9-11-3-6-15-7-4-11/h3-4,6-7H,2,5,8-10H2,1H3,(H2,14,17). The molecule has 1 atom stereocenters. The maximum atomic E-state index is 11.5. The molecule has 1 saturated heterocycles. The molecule has 0 spiro atoms. The van der Waals surface area contributed by atoms with Gasteiger partial charge in [0.1, 0.15) is 0 Å². The maximum absolute atomic E-state index is 11.5. The number of carbonyl (C=O) groups excluding carboxylic acids is 1. The molecule has 17 heavy (non-hydrogen) atoms. The number of primary amides is 1. The minimum absolute atomic E-state index is 0.183. The number of hydrogen-bond acceptors (Lipinski definition) is 3. The van der Waals surface area contributed by atoms with Crippen molar-refractivity contribution in [1.82, 2.24) is 9.88 Å². The lowest BCUT2D eigenvalue weighted by molar-refractivity contribution is -0.129. The largest absolute Gasteiger partial charge is 0.369 e. The van der Waals surface area contributed by atoms with Crippen LogP contribution in [0.5, 0.6) is 0 Å². The number of nitrogens with zero attached hydrogens (tertiary/aromatic N) is 2. The monoisotopic (exact) mass is 233 g/mol. The Morgan fingerprint density at radius 3 is 2.88 bits per heavy atom. The molecule has 0 radical (unpaired) electrons. The van der Waals surface area contributed by atoms with Gasteiger partial charge in [-0.25, -0.2) is 0 Å². The van der Waals surface area contributed by atoms with Gasteiger partial charge >= 0.3 is 0 Å². The van der Waals surface area contributed by atoms with E-state index in [0.29, 0.717) is 0 Å². The topological polar surface area (TPSA) is 59.2 Å². The van der Waals surface area contributed by atoms with Crippen molar-refractivity contribution in [2.24, 2.45) is 11.1 Å². The van der Waals surface area contributed by atoms with Crippen LogP contribution in [-0.4, -0.2) is 28.9 Å². The van der Waals surface area contributed by atoms with Crippen LogP contribution < -0.4 is 5.73 Å². The second kappa shape index (κ2) is 4.84. The molecule has 1 aliphatic heterocycles. The first-order valence-corrected chi connectivity index (χ1v) is 6.01. The number of carbonyl (C=O) groups is 1. The number of piperidine rings is 1. The number of aromatic nitrogens is 1. The molecular formula is C13H19N3O. The molecule has 1 aliphatic rings. The van der Waals surface area contributed by atoms with Crippen LogP contribution in [0, 0.1) is 5.41 Å². The Balaban J connectivity index is 2.01. The smallest absolute Gasteiger partial charge is 0.224 e. The highest BCUT2D eigenvalue weighted by Gasteiger charge is 2.35. The zero-order chi connectivity index (χ0) is 12.3. The van der Waals surface area contributed by atoms with Gasteiger partial charge in [0.25, 0.3) is 0 Å². The first-order chi connectivity index (χ1) is 8.10. The van der Waals surface area contributed by atoms with E-state index in [-0.39, 0.29) is 11.3 Å². The van der Waals surface area contributed by atoms with E-state index in [9.17, 15) is 4.79 Å². The van der Waals surface area contributed by atoms with Crippen LogP contribution >= 0.6 is 0 Å². The van der Waals surface area contributed by atoms with Crippen molar-refractivity contribution in [3.8, 4) is 0 Å². The van der Waals surface area contributed by atoms with Gasteiger partial charge in [0.15, 0.2) is 0 Å². The molecule has 92 valence electrons. The summed E-state index contributed by atoms with van der Waals surface area (Å²) in [7, 11) is 0. The number of likely N-dealkylation sites (tertiary alicyclic amines) is 1. The molecule has 2 heterocycles. The van der Waals surface area contributed by atoms with E-state index in [0.717, 1.165) is 32.5 Å². The molecule has 0 aromatic carbocycles. The average molecular weight is 233 g/mol. The summed E-state index contributed by atoms with van der Waals surface area (Å²) < 4.78 is 0. The predicted molar refractivity (Wildman–Crippen MR) is 66.0 cm³/mol. The molecule has 1 aromatic heterocycles. The highest BCUT2D eigenvalue weighted by atomic mass is 16.1. The number of pyridine rings is 1. The van der Waals surface area contributed by atoms with Crippen molar-refractivity contribution in [2.45, 2.75) is 26.3 Å². The van der Waals surface area contributed by atoms with E-state index >= 15 is 0 Å². The number of amides is 1. The fourth-order valence-corrected chi connectivity index (χ4v) is 2.43. The molecule has 0 bridgehead atoms. The van der Waals surface area contributed by atoms with Crippen molar-refractivity contribution in [1.29, 1.82) is 0 Å². The fourth-order valence-electron chi connectivity index (χ4n) is 2.43. The van der Waals surface area contributed by atoms with Gasteiger partial charge in [-0.1, -0.05) is 0 Å². The SMILES string of the molecule is CC1(C(N)=O)CCCN(Cc2ccncc2)C1. The third kappa shape index (κ3) is 2.82. The Morgan fingerprint density at radius 1 is 1.53 bits per heavy atom. The van der Waals surface area contributed by atoms with Crippen LogP contribution in [0.1, 0.15) is 25.3 Å². The minimum Gasteiger partial charge on any atom is -0.369 e. The van der Waals surface area contributed by atoms with Crippen molar-refractivity contribution in [3.63, 3.8) is 0 Å². The van der Waals surface area contributed by atoms with Gasteiger partial charge in [0, 0.05) is 25.5 Å². The second-order valence-corrected chi connectivity index (χ2v) is 5.09. The second-order valence-electron chi connectivity index (χ2n) is 5.09. The molecule has 4 heteroatoms. The molecule has 1 amide bonds. The van der Waals surface area contributed by atoms with Crippen molar-refractivity contribution < 1.29 is 4.79 Å². The zero-order valence-corrected chi connectivity index (χ0v) is 10.2. The highest BCUT2D eigenvalue weighted by molar-refractivity contribution is 5.80. The Hall–Kier alpha value is -1.42. The molecule has 1 aromatic rings. The van der Waals surface area contributed by atoms with Crippen LogP contribution in [0.3, 0.4) is 0 Å². The number of hydrogen-bond donors (Lipinski definition) is 1. The summed E-state index contributed by atoms with van der Waals surface area (Å²) in [4.78, 5) is 17.8. The van der Waals surface area contributed by atoms with Gasteiger partial charge in [0.2, 0.25) is 5.91 Å². The zero-order valence-electron chi connectivity index (χ0n) is 10.2. The van der Waals surface area contributed by atoms with Gasteiger partial charge in [0.05, 0.1) is 5.41 Å². The first kappa shape index (κ1) is 12.0. The van der Waals surface area contributed by atoms with Gasteiger partial charge in [-0.3, -0.25) is 14.7 Å². The third-order valence-corrected chi connectivity index (χ3v) is 3.53. The highest BCUT2D eigenvalue weighted by Crippen LogP contribution is 2.29. The summed E-state index contributed by atoms with van der Waals surface area (Å²) in [6.45, 7) is 4.62. The Labute approximate surface area is 102 Å². The van der Waals surface area contributed by atoms with E-state index < -0.39 is 0 Å². The molecular weight excluding hydrogens is 214 g/mol. The third-order valence-electron chi connectivity index (χ3n) is 3.53. The lowest BCUT2D eigenvalue weighted by Crippen LogP contribution is -2.48.